The molecule has 5 heteroatoms. The van der Waals surface area contributed by atoms with Crippen molar-refractivity contribution in [2.75, 3.05) is 36.8 Å². The van der Waals surface area contributed by atoms with E-state index >= 15 is 0 Å². The van der Waals surface area contributed by atoms with Crippen molar-refractivity contribution in [3.63, 3.8) is 0 Å². The third-order valence-corrected chi connectivity index (χ3v) is 4.24. The molecule has 2 rings (SSSR count). The predicted molar refractivity (Wildman–Crippen MR) is 80.6 cm³/mol. The third-order valence-electron chi connectivity index (χ3n) is 4.24. The van der Waals surface area contributed by atoms with Gasteiger partial charge in [-0.25, -0.2) is 4.68 Å². The van der Waals surface area contributed by atoms with E-state index in [1.165, 1.54) is 6.42 Å². The van der Waals surface area contributed by atoms with Crippen LogP contribution in [0.5, 0.6) is 0 Å². The van der Waals surface area contributed by atoms with Crippen LogP contribution < -0.4 is 10.6 Å². The number of nitrogen functional groups attached to an aromatic ring is 1. The highest BCUT2D eigenvalue weighted by Crippen LogP contribution is 2.30. The number of rotatable bonds is 5. The molecule has 5 nitrogen and oxygen atoms in total. The topological polar surface area (TPSA) is 50.3 Å². The molecule has 2 heterocycles. The Morgan fingerprint density at radius 1 is 1.32 bits per heavy atom. The van der Waals surface area contributed by atoms with Crippen molar-refractivity contribution in [2.45, 2.75) is 46.7 Å². The zero-order chi connectivity index (χ0) is 14.0. The van der Waals surface area contributed by atoms with E-state index in [-0.39, 0.29) is 0 Å². The molecule has 0 saturated carbocycles. The highest BCUT2D eigenvalue weighted by molar-refractivity contribution is 5.66. The van der Waals surface area contributed by atoms with E-state index in [0.29, 0.717) is 6.04 Å². The van der Waals surface area contributed by atoms with Crippen LogP contribution in [0.15, 0.2) is 0 Å². The van der Waals surface area contributed by atoms with Gasteiger partial charge in [0.05, 0.1) is 11.4 Å². The summed E-state index contributed by atoms with van der Waals surface area (Å²) in [4.78, 5) is 4.94. The summed E-state index contributed by atoms with van der Waals surface area (Å²) in [7, 11) is 0. The van der Waals surface area contributed by atoms with E-state index in [1.807, 2.05) is 11.6 Å². The number of likely N-dealkylation sites (N-methyl/N-ethyl adjacent to an activating group) is 1. The number of anilines is 2. The first-order valence-electron chi connectivity index (χ1n) is 7.44. The number of hydrogen-bond donors (Lipinski definition) is 1. The minimum absolute atomic E-state index is 0.648. The summed E-state index contributed by atoms with van der Waals surface area (Å²) < 4.78 is 2.04. The van der Waals surface area contributed by atoms with Crippen LogP contribution in [0.2, 0.25) is 0 Å². The minimum atomic E-state index is 0.648. The molecule has 108 valence electrons. The summed E-state index contributed by atoms with van der Waals surface area (Å²) in [5.74, 6) is 1.12. The summed E-state index contributed by atoms with van der Waals surface area (Å²) in [6, 6.07) is 0.648. The third kappa shape index (κ3) is 2.56. The van der Waals surface area contributed by atoms with Crippen LogP contribution in [0.1, 0.15) is 32.9 Å². The van der Waals surface area contributed by atoms with E-state index in [4.69, 9.17) is 5.73 Å². The fourth-order valence-corrected chi connectivity index (χ4v) is 3.11. The molecular weight excluding hydrogens is 238 g/mol. The lowest BCUT2D eigenvalue weighted by Crippen LogP contribution is -2.37. The standard InChI is InChI=1S/C14H27N5/c1-5-17(6-2)12-8-9-18(10-12)14-13(15)11(4)16-19(14)7-3/h12H,5-10,15H2,1-4H3. The molecule has 1 aliphatic rings. The van der Waals surface area contributed by atoms with Crippen molar-refractivity contribution in [1.82, 2.24) is 14.7 Å². The SMILES string of the molecule is CCN(CC)C1CCN(c2c(N)c(C)nn2CC)C1. The Balaban J connectivity index is 2.17. The van der Waals surface area contributed by atoms with Gasteiger partial charge in [-0.15, -0.1) is 0 Å². The summed E-state index contributed by atoms with van der Waals surface area (Å²) >= 11 is 0. The summed E-state index contributed by atoms with van der Waals surface area (Å²) in [5.41, 5.74) is 8.00. The van der Waals surface area contributed by atoms with E-state index in [1.54, 1.807) is 0 Å². The molecule has 2 N–H and O–H groups in total. The molecule has 1 aromatic heterocycles. The average Bonchev–Trinajstić information content (AvgIpc) is 2.97. The second-order valence-corrected chi connectivity index (χ2v) is 5.25. The van der Waals surface area contributed by atoms with E-state index in [0.717, 1.165) is 49.9 Å². The Labute approximate surface area is 116 Å². The van der Waals surface area contributed by atoms with Crippen molar-refractivity contribution < 1.29 is 0 Å². The molecular formula is C14H27N5. The van der Waals surface area contributed by atoms with Crippen LogP contribution in [0, 0.1) is 6.92 Å². The molecule has 0 spiro atoms. The summed E-state index contributed by atoms with van der Waals surface area (Å²) in [5, 5.41) is 4.52. The highest BCUT2D eigenvalue weighted by Gasteiger charge is 2.29. The summed E-state index contributed by atoms with van der Waals surface area (Å²) in [6.07, 6.45) is 1.22. The molecule has 0 aliphatic carbocycles. The normalized spacial score (nSPS) is 19.6. The Morgan fingerprint density at radius 3 is 2.58 bits per heavy atom. The first-order chi connectivity index (χ1) is 9.12. The van der Waals surface area contributed by atoms with Crippen LogP contribution in [-0.2, 0) is 6.54 Å². The number of hydrogen-bond acceptors (Lipinski definition) is 4. The first kappa shape index (κ1) is 14.2. The zero-order valence-corrected chi connectivity index (χ0v) is 12.7. The van der Waals surface area contributed by atoms with Crippen LogP contribution >= 0.6 is 0 Å². The molecule has 1 aliphatic heterocycles. The van der Waals surface area contributed by atoms with Crippen LogP contribution in [-0.4, -0.2) is 46.9 Å². The molecule has 0 aromatic carbocycles. The van der Waals surface area contributed by atoms with Gasteiger partial charge in [-0.1, -0.05) is 13.8 Å². The van der Waals surface area contributed by atoms with Gasteiger partial charge in [0.2, 0.25) is 0 Å². The Bertz CT molecular complexity index is 422. The molecule has 19 heavy (non-hydrogen) atoms. The van der Waals surface area contributed by atoms with Crippen molar-refractivity contribution in [1.29, 1.82) is 0 Å². The van der Waals surface area contributed by atoms with E-state index < -0.39 is 0 Å². The fraction of sp³-hybridized carbons (Fsp3) is 0.786. The van der Waals surface area contributed by atoms with E-state index in [9.17, 15) is 0 Å². The molecule has 0 amide bonds. The van der Waals surface area contributed by atoms with Crippen molar-refractivity contribution in [2.24, 2.45) is 0 Å². The van der Waals surface area contributed by atoms with E-state index in [2.05, 4.69) is 35.7 Å². The Kier molecular flexibility index (Phi) is 4.34. The zero-order valence-electron chi connectivity index (χ0n) is 12.7. The fourth-order valence-electron chi connectivity index (χ4n) is 3.11. The van der Waals surface area contributed by atoms with Gasteiger partial charge in [-0.2, -0.15) is 5.10 Å². The monoisotopic (exact) mass is 265 g/mol. The first-order valence-corrected chi connectivity index (χ1v) is 7.44. The second kappa shape index (κ2) is 5.82. The van der Waals surface area contributed by atoms with Gasteiger partial charge in [-0.3, -0.25) is 4.90 Å². The van der Waals surface area contributed by atoms with Gasteiger partial charge in [0, 0.05) is 25.7 Å². The maximum Gasteiger partial charge on any atom is 0.150 e. The second-order valence-electron chi connectivity index (χ2n) is 5.25. The average molecular weight is 265 g/mol. The molecule has 0 radical (unpaired) electrons. The molecule has 1 aromatic rings. The predicted octanol–water partition coefficient (Wildman–Crippen LogP) is 1.71. The van der Waals surface area contributed by atoms with Gasteiger partial charge >= 0.3 is 0 Å². The smallest absolute Gasteiger partial charge is 0.150 e. The largest absolute Gasteiger partial charge is 0.394 e. The minimum Gasteiger partial charge on any atom is -0.394 e. The summed E-state index contributed by atoms with van der Waals surface area (Å²) in [6.45, 7) is 13.8. The van der Waals surface area contributed by atoms with Gasteiger partial charge in [-0.05, 0) is 33.4 Å². The van der Waals surface area contributed by atoms with Gasteiger partial charge in [0.1, 0.15) is 0 Å². The van der Waals surface area contributed by atoms with Gasteiger partial charge < -0.3 is 10.6 Å². The quantitative estimate of drug-likeness (QED) is 0.880. The van der Waals surface area contributed by atoms with Gasteiger partial charge in [0.15, 0.2) is 5.82 Å². The van der Waals surface area contributed by atoms with Gasteiger partial charge in [0.25, 0.3) is 0 Å². The Morgan fingerprint density at radius 2 is 2.00 bits per heavy atom. The lowest BCUT2D eigenvalue weighted by Gasteiger charge is -2.27. The number of aryl methyl sites for hydroxylation is 2. The molecule has 1 unspecified atom stereocenters. The number of aromatic nitrogens is 2. The highest BCUT2D eigenvalue weighted by atomic mass is 15.4. The maximum atomic E-state index is 6.21. The molecule has 1 atom stereocenters. The van der Waals surface area contributed by atoms with Crippen molar-refractivity contribution >= 4 is 11.5 Å². The number of nitrogens with zero attached hydrogens (tertiary/aromatic N) is 4. The maximum absolute atomic E-state index is 6.21. The van der Waals surface area contributed by atoms with Crippen molar-refractivity contribution in [3.05, 3.63) is 5.69 Å². The van der Waals surface area contributed by atoms with Crippen LogP contribution in [0.25, 0.3) is 0 Å². The number of nitrogens with two attached hydrogens (primary N) is 1. The molecule has 1 saturated heterocycles. The molecule has 1 fully saturated rings. The lowest BCUT2D eigenvalue weighted by atomic mass is 10.2. The van der Waals surface area contributed by atoms with Crippen LogP contribution in [0.4, 0.5) is 11.5 Å². The Hall–Kier alpha value is -1.23. The molecule has 0 bridgehead atoms. The van der Waals surface area contributed by atoms with Crippen LogP contribution in [0.3, 0.4) is 0 Å². The lowest BCUT2D eigenvalue weighted by molar-refractivity contribution is 0.232. The van der Waals surface area contributed by atoms with Crippen molar-refractivity contribution in [3.8, 4) is 0 Å².